The molecule has 1 aromatic rings. The van der Waals surface area contributed by atoms with Gasteiger partial charge in [0.15, 0.2) is 0 Å². The van der Waals surface area contributed by atoms with E-state index in [2.05, 4.69) is 25.9 Å². The van der Waals surface area contributed by atoms with Gasteiger partial charge in [-0.25, -0.2) is 9.78 Å². The van der Waals surface area contributed by atoms with Crippen molar-refractivity contribution in [3.05, 3.63) is 18.2 Å². The van der Waals surface area contributed by atoms with Crippen molar-refractivity contribution in [2.45, 2.75) is 78.0 Å². The van der Waals surface area contributed by atoms with Crippen molar-refractivity contribution in [2.24, 2.45) is 17.6 Å². The van der Waals surface area contributed by atoms with Gasteiger partial charge in [-0.2, -0.15) is 0 Å². The largest absolute Gasteiger partial charge is 0.480 e. The number of carboxylic acids is 1. The topological polar surface area (TPSA) is 179 Å². The summed E-state index contributed by atoms with van der Waals surface area (Å²) in [4.78, 5) is 56.2. The Balaban J connectivity index is 2.88. The number of rotatable bonds is 13. The molecule has 0 saturated heterocycles. The highest BCUT2D eigenvalue weighted by Gasteiger charge is 2.31. The highest BCUT2D eigenvalue weighted by atomic mass is 16.4. The van der Waals surface area contributed by atoms with Gasteiger partial charge in [0.2, 0.25) is 17.7 Å². The Kier molecular flexibility index (Phi) is 10.8. The van der Waals surface area contributed by atoms with E-state index in [-0.39, 0.29) is 18.3 Å². The smallest absolute Gasteiger partial charge is 0.326 e. The summed E-state index contributed by atoms with van der Waals surface area (Å²) in [5.41, 5.74) is 6.60. The minimum absolute atomic E-state index is 0.0796. The molecule has 0 radical (unpaired) electrons. The van der Waals surface area contributed by atoms with E-state index in [0.29, 0.717) is 18.5 Å². The van der Waals surface area contributed by atoms with Gasteiger partial charge < -0.3 is 31.8 Å². The average molecular weight is 453 g/mol. The molecule has 1 heterocycles. The second kappa shape index (κ2) is 12.8. The first kappa shape index (κ1) is 27.1. The van der Waals surface area contributed by atoms with Crippen molar-refractivity contribution in [3.8, 4) is 0 Å². The number of nitrogens with zero attached hydrogens (tertiary/aromatic N) is 1. The highest BCUT2D eigenvalue weighted by molar-refractivity contribution is 5.94. The van der Waals surface area contributed by atoms with E-state index < -0.39 is 47.9 Å². The van der Waals surface area contributed by atoms with E-state index in [1.807, 2.05) is 20.8 Å². The maximum absolute atomic E-state index is 12.9. The molecule has 0 aliphatic rings. The zero-order chi connectivity index (χ0) is 24.4. The molecule has 6 unspecified atom stereocenters. The van der Waals surface area contributed by atoms with E-state index in [1.165, 1.54) is 19.4 Å². The lowest BCUT2D eigenvalue weighted by Crippen LogP contribution is -2.58. The molecule has 0 bridgehead atoms. The monoisotopic (exact) mass is 452 g/mol. The van der Waals surface area contributed by atoms with Crippen LogP contribution in [-0.2, 0) is 25.6 Å². The lowest BCUT2D eigenvalue weighted by Gasteiger charge is -2.25. The van der Waals surface area contributed by atoms with Crippen LogP contribution in [0.25, 0.3) is 0 Å². The first-order valence-electron chi connectivity index (χ1n) is 10.9. The SMILES string of the molecule is CCC(C)C(N)C(=O)NC(Cc1cnc[nH]1)C(=O)NC(C)C(=O)NC(C(=O)O)C(C)CC. The second-order valence-corrected chi connectivity index (χ2v) is 8.19. The number of carboxylic acid groups (broad SMARTS) is 1. The first-order chi connectivity index (χ1) is 15.0. The summed E-state index contributed by atoms with van der Waals surface area (Å²) in [6.07, 6.45) is 4.36. The summed E-state index contributed by atoms with van der Waals surface area (Å²) >= 11 is 0. The predicted octanol–water partition coefficient (Wildman–Crippen LogP) is -0.0694. The minimum Gasteiger partial charge on any atom is -0.480 e. The van der Waals surface area contributed by atoms with Gasteiger partial charge in [0.05, 0.1) is 12.4 Å². The molecule has 180 valence electrons. The zero-order valence-electron chi connectivity index (χ0n) is 19.3. The van der Waals surface area contributed by atoms with Gasteiger partial charge in [-0.15, -0.1) is 0 Å². The van der Waals surface area contributed by atoms with Gasteiger partial charge in [-0.1, -0.05) is 40.5 Å². The van der Waals surface area contributed by atoms with Crippen LogP contribution in [0.3, 0.4) is 0 Å². The first-order valence-corrected chi connectivity index (χ1v) is 10.9. The van der Waals surface area contributed by atoms with E-state index in [4.69, 9.17) is 5.73 Å². The molecule has 11 nitrogen and oxygen atoms in total. The number of carbonyl (C=O) groups is 4. The fourth-order valence-electron chi connectivity index (χ4n) is 2.95. The Morgan fingerprint density at radius 1 is 1.00 bits per heavy atom. The molecule has 0 fully saturated rings. The van der Waals surface area contributed by atoms with E-state index in [0.717, 1.165) is 0 Å². The molecule has 11 heteroatoms. The van der Waals surface area contributed by atoms with Crippen LogP contribution in [-0.4, -0.2) is 62.9 Å². The average Bonchev–Trinajstić information content (AvgIpc) is 3.27. The van der Waals surface area contributed by atoms with Crippen LogP contribution in [0.1, 0.15) is 53.2 Å². The molecule has 0 spiro atoms. The van der Waals surface area contributed by atoms with Gasteiger partial charge >= 0.3 is 5.97 Å². The van der Waals surface area contributed by atoms with Crippen molar-refractivity contribution >= 4 is 23.7 Å². The van der Waals surface area contributed by atoms with Crippen molar-refractivity contribution in [2.75, 3.05) is 0 Å². The molecule has 0 aromatic carbocycles. The van der Waals surface area contributed by atoms with Crippen LogP contribution in [0.2, 0.25) is 0 Å². The minimum atomic E-state index is -1.14. The highest BCUT2D eigenvalue weighted by Crippen LogP contribution is 2.09. The van der Waals surface area contributed by atoms with Crippen LogP contribution in [0, 0.1) is 11.8 Å². The van der Waals surface area contributed by atoms with Crippen LogP contribution in [0.4, 0.5) is 0 Å². The number of amides is 3. The van der Waals surface area contributed by atoms with Crippen molar-refractivity contribution in [1.29, 1.82) is 0 Å². The Bertz CT molecular complexity index is 769. The number of imidazole rings is 1. The van der Waals surface area contributed by atoms with Gasteiger partial charge in [0.25, 0.3) is 0 Å². The summed E-state index contributed by atoms with van der Waals surface area (Å²) in [5, 5.41) is 17.0. The molecule has 3 amide bonds. The number of aromatic amines is 1. The molecule has 32 heavy (non-hydrogen) atoms. The maximum Gasteiger partial charge on any atom is 0.326 e. The van der Waals surface area contributed by atoms with Crippen LogP contribution in [0.15, 0.2) is 12.5 Å². The number of carbonyl (C=O) groups excluding carboxylic acids is 3. The third kappa shape index (κ3) is 7.95. The Morgan fingerprint density at radius 3 is 2.12 bits per heavy atom. The number of hydrogen-bond acceptors (Lipinski definition) is 6. The Hall–Kier alpha value is -2.95. The number of nitrogens with one attached hydrogen (secondary N) is 4. The van der Waals surface area contributed by atoms with Gasteiger partial charge in [0, 0.05) is 18.3 Å². The lowest BCUT2D eigenvalue weighted by atomic mass is 9.98. The van der Waals surface area contributed by atoms with E-state index in [9.17, 15) is 24.3 Å². The van der Waals surface area contributed by atoms with Crippen LogP contribution < -0.4 is 21.7 Å². The Morgan fingerprint density at radius 2 is 1.62 bits per heavy atom. The number of nitrogens with two attached hydrogens (primary N) is 1. The lowest BCUT2D eigenvalue weighted by molar-refractivity contribution is -0.143. The normalized spacial score (nSPS) is 16.7. The third-order valence-electron chi connectivity index (χ3n) is 5.70. The zero-order valence-corrected chi connectivity index (χ0v) is 19.3. The molecule has 7 N–H and O–H groups in total. The van der Waals surface area contributed by atoms with E-state index in [1.54, 1.807) is 6.92 Å². The molecule has 0 aliphatic heterocycles. The van der Waals surface area contributed by atoms with Crippen molar-refractivity contribution in [3.63, 3.8) is 0 Å². The van der Waals surface area contributed by atoms with Crippen LogP contribution >= 0.6 is 0 Å². The van der Waals surface area contributed by atoms with Crippen molar-refractivity contribution < 1.29 is 24.3 Å². The molecule has 0 aliphatic carbocycles. The fraction of sp³-hybridized carbons (Fsp3) is 0.667. The summed E-state index contributed by atoms with van der Waals surface area (Å²) in [6.45, 7) is 8.75. The molecule has 1 rings (SSSR count). The standard InChI is InChI=1S/C21H36N6O5/c1-6-11(3)16(22)20(30)26-15(8-14-9-23-10-24-14)19(29)25-13(5)18(28)27-17(21(31)32)12(4)7-2/h9-13,15-17H,6-8,22H2,1-5H3,(H,23,24)(H,25,29)(H,26,30)(H,27,28)(H,31,32). The van der Waals surface area contributed by atoms with Crippen molar-refractivity contribution in [1.82, 2.24) is 25.9 Å². The van der Waals surface area contributed by atoms with E-state index >= 15 is 0 Å². The summed E-state index contributed by atoms with van der Waals surface area (Å²) in [7, 11) is 0. The van der Waals surface area contributed by atoms with Crippen LogP contribution in [0.5, 0.6) is 0 Å². The second-order valence-electron chi connectivity index (χ2n) is 8.19. The summed E-state index contributed by atoms with van der Waals surface area (Å²) in [6, 6.07) is -3.87. The number of H-pyrrole nitrogens is 1. The number of hydrogen-bond donors (Lipinski definition) is 6. The van der Waals surface area contributed by atoms with Gasteiger partial charge in [-0.3, -0.25) is 14.4 Å². The molecule has 0 saturated carbocycles. The number of aliphatic carboxylic acids is 1. The van der Waals surface area contributed by atoms with Gasteiger partial charge in [-0.05, 0) is 18.8 Å². The third-order valence-corrected chi connectivity index (χ3v) is 5.70. The molecule has 6 atom stereocenters. The molecular formula is C21H36N6O5. The fourth-order valence-corrected chi connectivity index (χ4v) is 2.95. The quantitative estimate of drug-likeness (QED) is 0.242. The summed E-state index contributed by atoms with van der Waals surface area (Å²) < 4.78 is 0. The van der Waals surface area contributed by atoms with Gasteiger partial charge in [0.1, 0.15) is 18.1 Å². The summed E-state index contributed by atoms with van der Waals surface area (Å²) in [5.74, 6) is -3.21. The number of aromatic nitrogens is 2. The predicted molar refractivity (Wildman–Crippen MR) is 118 cm³/mol. The molecule has 1 aromatic heterocycles. The molecular weight excluding hydrogens is 416 g/mol. The Labute approximate surface area is 188 Å². The maximum atomic E-state index is 12.9.